The summed E-state index contributed by atoms with van der Waals surface area (Å²) in [4.78, 5) is 0. The van der Waals surface area contributed by atoms with E-state index >= 15 is 0 Å². The molecule has 0 aliphatic carbocycles. The lowest BCUT2D eigenvalue weighted by molar-refractivity contribution is 0.652. The van der Waals surface area contributed by atoms with Gasteiger partial charge in [0.25, 0.3) is 0 Å². The third-order valence-electron chi connectivity index (χ3n) is 2.85. The number of nitrogens with one attached hydrogen (secondary N) is 3. The van der Waals surface area contributed by atoms with Crippen molar-refractivity contribution in [2.75, 3.05) is 6.67 Å². The molecule has 0 spiro atoms. The van der Waals surface area contributed by atoms with E-state index in [1.54, 1.807) is 0 Å². The Morgan fingerprint density at radius 3 is 2.75 bits per heavy atom. The van der Waals surface area contributed by atoms with Gasteiger partial charge in [0.2, 0.25) is 0 Å². The van der Waals surface area contributed by atoms with Gasteiger partial charge in [-0.15, -0.1) is 0 Å². The van der Waals surface area contributed by atoms with Crippen LogP contribution in [-0.2, 0) is 0 Å². The van der Waals surface area contributed by atoms with Crippen molar-refractivity contribution >= 4 is 11.6 Å². The van der Waals surface area contributed by atoms with E-state index in [0.29, 0.717) is 0 Å². The third-order valence-corrected chi connectivity index (χ3v) is 3.10. The molecule has 3 rings (SSSR count). The monoisotopic (exact) mass is 233 g/mol. The molecule has 2 aliphatic rings. The molecule has 0 unspecified atom stereocenters. The highest BCUT2D eigenvalue weighted by Crippen LogP contribution is 2.27. The summed E-state index contributed by atoms with van der Waals surface area (Å²) in [5.41, 5.74) is 3.57. The Balaban J connectivity index is 1.96. The van der Waals surface area contributed by atoms with Crippen LogP contribution in [0.15, 0.2) is 47.9 Å². The van der Waals surface area contributed by atoms with Crippen LogP contribution in [0.5, 0.6) is 0 Å². The van der Waals surface area contributed by atoms with Crippen molar-refractivity contribution in [1.82, 2.24) is 16.0 Å². The van der Waals surface area contributed by atoms with E-state index < -0.39 is 0 Å². The zero-order valence-electron chi connectivity index (χ0n) is 8.63. The minimum Gasteiger partial charge on any atom is -0.379 e. The maximum absolute atomic E-state index is 5.89. The van der Waals surface area contributed by atoms with Crippen molar-refractivity contribution in [2.45, 2.75) is 6.04 Å². The Morgan fingerprint density at radius 1 is 1.12 bits per heavy atom. The molecule has 1 aromatic rings. The molecule has 3 nitrogen and oxygen atoms in total. The van der Waals surface area contributed by atoms with Crippen molar-refractivity contribution < 1.29 is 0 Å². The number of benzene rings is 1. The number of hydrogen-bond donors (Lipinski definition) is 3. The first-order valence-electron chi connectivity index (χ1n) is 5.24. The molecule has 16 heavy (non-hydrogen) atoms. The van der Waals surface area contributed by atoms with Gasteiger partial charge >= 0.3 is 0 Å². The molecular weight excluding hydrogens is 222 g/mol. The fourth-order valence-corrected chi connectivity index (χ4v) is 2.19. The van der Waals surface area contributed by atoms with Crippen molar-refractivity contribution in [2.24, 2.45) is 0 Å². The van der Waals surface area contributed by atoms with Crippen LogP contribution in [0.2, 0.25) is 5.02 Å². The average molecular weight is 234 g/mol. The van der Waals surface area contributed by atoms with Crippen LogP contribution >= 0.6 is 11.6 Å². The van der Waals surface area contributed by atoms with Crippen LogP contribution in [0.1, 0.15) is 11.6 Å². The second kappa shape index (κ2) is 3.76. The zero-order chi connectivity index (χ0) is 11.0. The molecule has 0 fully saturated rings. The second-order valence-electron chi connectivity index (χ2n) is 3.84. The fourth-order valence-electron chi connectivity index (χ4n) is 2.06. The van der Waals surface area contributed by atoms with Gasteiger partial charge in [0.05, 0.1) is 24.1 Å². The van der Waals surface area contributed by atoms with E-state index in [1.807, 2.05) is 36.5 Å². The van der Waals surface area contributed by atoms with Crippen LogP contribution in [0.25, 0.3) is 0 Å². The standard InChI is InChI=1S/C12H12ClN3/c13-9-3-1-8(2-4-9)11-12-10(5-6-14-11)15-7-16-12/h1-6,11,14-16H,7H2/t11-/m0/s1. The van der Waals surface area contributed by atoms with Crippen LogP contribution in [-0.4, -0.2) is 6.67 Å². The summed E-state index contributed by atoms with van der Waals surface area (Å²) in [7, 11) is 0. The molecular formula is C12H12ClN3. The van der Waals surface area contributed by atoms with E-state index in [0.717, 1.165) is 11.7 Å². The summed E-state index contributed by atoms with van der Waals surface area (Å²) in [6, 6.07) is 8.11. The summed E-state index contributed by atoms with van der Waals surface area (Å²) >= 11 is 5.89. The normalized spacial score (nSPS) is 22.2. The smallest absolute Gasteiger partial charge is 0.0931 e. The highest BCUT2D eigenvalue weighted by atomic mass is 35.5. The molecule has 0 amide bonds. The molecule has 4 heteroatoms. The van der Waals surface area contributed by atoms with E-state index in [9.17, 15) is 0 Å². The first-order valence-corrected chi connectivity index (χ1v) is 5.62. The van der Waals surface area contributed by atoms with Crippen LogP contribution in [0.3, 0.4) is 0 Å². The van der Waals surface area contributed by atoms with Crippen LogP contribution in [0.4, 0.5) is 0 Å². The van der Waals surface area contributed by atoms with Gasteiger partial charge in [-0.1, -0.05) is 23.7 Å². The van der Waals surface area contributed by atoms with Crippen molar-refractivity contribution in [3.8, 4) is 0 Å². The van der Waals surface area contributed by atoms with E-state index in [-0.39, 0.29) is 6.04 Å². The molecule has 2 heterocycles. The Labute approximate surface area is 99.2 Å². The number of hydrogen-bond acceptors (Lipinski definition) is 3. The second-order valence-corrected chi connectivity index (χ2v) is 4.28. The topological polar surface area (TPSA) is 36.1 Å². The van der Waals surface area contributed by atoms with E-state index in [4.69, 9.17) is 11.6 Å². The predicted octanol–water partition coefficient (Wildman–Crippen LogP) is 1.86. The van der Waals surface area contributed by atoms with Gasteiger partial charge in [0, 0.05) is 5.02 Å². The largest absolute Gasteiger partial charge is 0.379 e. The number of allylic oxidation sites excluding steroid dienone is 1. The Morgan fingerprint density at radius 2 is 1.94 bits per heavy atom. The van der Waals surface area contributed by atoms with Gasteiger partial charge < -0.3 is 16.0 Å². The fraction of sp³-hybridized carbons (Fsp3) is 0.167. The van der Waals surface area contributed by atoms with Crippen LogP contribution < -0.4 is 16.0 Å². The van der Waals surface area contributed by atoms with Crippen LogP contribution in [0, 0.1) is 0 Å². The first kappa shape index (κ1) is 9.60. The van der Waals surface area contributed by atoms with E-state index in [2.05, 4.69) is 16.0 Å². The summed E-state index contributed by atoms with van der Waals surface area (Å²) in [5.74, 6) is 0. The molecule has 1 atom stereocenters. The molecule has 82 valence electrons. The minimum atomic E-state index is 0.187. The maximum Gasteiger partial charge on any atom is 0.0931 e. The summed E-state index contributed by atoms with van der Waals surface area (Å²) in [6.07, 6.45) is 4.01. The number of halogens is 1. The lowest BCUT2D eigenvalue weighted by atomic mass is 10.0. The molecule has 0 aromatic heterocycles. The van der Waals surface area contributed by atoms with Crippen molar-refractivity contribution in [3.05, 3.63) is 58.5 Å². The quantitative estimate of drug-likeness (QED) is 0.693. The number of rotatable bonds is 1. The Kier molecular flexibility index (Phi) is 2.26. The molecule has 0 saturated carbocycles. The van der Waals surface area contributed by atoms with Gasteiger partial charge in [-0.3, -0.25) is 0 Å². The number of dihydropyridines is 1. The lowest BCUT2D eigenvalue weighted by Crippen LogP contribution is -2.26. The predicted molar refractivity (Wildman–Crippen MR) is 64.6 cm³/mol. The average Bonchev–Trinajstić information content (AvgIpc) is 2.78. The Bertz CT molecular complexity index is 462. The van der Waals surface area contributed by atoms with Gasteiger partial charge in [0.15, 0.2) is 0 Å². The molecule has 0 radical (unpaired) electrons. The lowest BCUT2D eigenvalue weighted by Gasteiger charge is -2.23. The molecule has 2 aliphatic heterocycles. The van der Waals surface area contributed by atoms with Gasteiger partial charge in [-0.05, 0) is 30.0 Å². The van der Waals surface area contributed by atoms with Gasteiger partial charge in [-0.2, -0.15) is 0 Å². The highest BCUT2D eigenvalue weighted by molar-refractivity contribution is 6.30. The first-order chi connectivity index (χ1) is 7.84. The molecule has 0 saturated heterocycles. The third kappa shape index (κ3) is 1.53. The summed E-state index contributed by atoms with van der Waals surface area (Å²) < 4.78 is 0. The SMILES string of the molecule is Clc1ccc([C@@H]2NC=CC3=C2NCN3)cc1. The molecule has 0 bridgehead atoms. The highest BCUT2D eigenvalue weighted by Gasteiger charge is 2.24. The maximum atomic E-state index is 5.89. The van der Waals surface area contributed by atoms with Gasteiger partial charge in [0.1, 0.15) is 0 Å². The van der Waals surface area contributed by atoms with E-state index in [1.165, 1.54) is 17.0 Å². The molecule has 1 aromatic carbocycles. The van der Waals surface area contributed by atoms with Crippen molar-refractivity contribution in [1.29, 1.82) is 0 Å². The van der Waals surface area contributed by atoms with Crippen molar-refractivity contribution in [3.63, 3.8) is 0 Å². The zero-order valence-corrected chi connectivity index (χ0v) is 9.38. The minimum absolute atomic E-state index is 0.187. The Hall–Kier alpha value is -1.61. The summed E-state index contributed by atoms with van der Waals surface area (Å²) in [6.45, 7) is 0.792. The molecule has 3 N–H and O–H groups in total. The van der Waals surface area contributed by atoms with Gasteiger partial charge in [-0.25, -0.2) is 0 Å². The summed E-state index contributed by atoms with van der Waals surface area (Å²) in [5, 5.41) is 10.7.